The van der Waals surface area contributed by atoms with E-state index in [0.29, 0.717) is 28.3 Å². The Hall–Kier alpha value is -3.33. The standard InChI is InChI=1S/C21H17F2N5OS/c1-13(20(29)24-10-14-2-4-15(22)5-3-14)30-21-18-11-27-28(19(18)25-12-26-21)17-8-6-16(23)7-9-17/h2-9,11-13H,10H2,1H3,(H,24,29). The second-order valence-corrected chi connectivity index (χ2v) is 7.88. The molecule has 0 aliphatic heterocycles. The summed E-state index contributed by atoms with van der Waals surface area (Å²) in [6.07, 6.45) is 3.04. The van der Waals surface area contributed by atoms with E-state index < -0.39 is 5.25 Å². The lowest BCUT2D eigenvalue weighted by atomic mass is 10.2. The summed E-state index contributed by atoms with van der Waals surface area (Å²) in [5.41, 5.74) is 2.05. The molecule has 2 aromatic heterocycles. The van der Waals surface area contributed by atoms with E-state index in [1.807, 2.05) is 0 Å². The van der Waals surface area contributed by atoms with Gasteiger partial charge in [-0.05, 0) is 48.9 Å². The summed E-state index contributed by atoms with van der Waals surface area (Å²) in [5.74, 6) is -0.813. The Morgan fingerprint density at radius 3 is 2.43 bits per heavy atom. The summed E-state index contributed by atoms with van der Waals surface area (Å²) < 4.78 is 27.8. The van der Waals surface area contributed by atoms with Gasteiger partial charge in [-0.1, -0.05) is 23.9 Å². The van der Waals surface area contributed by atoms with Gasteiger partial charge in [0.05, 0.1) is 22.5 Å². The Morgan fingerprint density at radius 2 is 1.73 bits per heavy atom. The Morgan fingerprint density at radius 1 is 1.07 bits per heavy atom. The highest BCUT2D eigenvalue weighted by atomic mass is 32.2. The van der Waals surface area contributed by atoms with Crippen LogP contribution in [-0.2, 0) is 11.3 Å². The van der Waals surface area contributed by atoms with Crippen molar-refractivity contribution < 1.29 is 13.6 Å². The molecule has 0 fully saturated rings. The van der Waals surface area contributed by atoms with Crippen LogP contribution in [0.2, 0.25) is 0 Å². The topological polar surface area (TPSA) is 72.7 Å². The van der Waals surface area contributed by atoms with Crippen molar-refractivity contribution in [3.05, 3.63) is 78.3 Å². The van der Waals surface area contributed by atoms with Gasteiger partial charge in [0.15, 0.2) is 5.65 Å². The smallest absolute Gasteiger partial charge is 0.233 e. The first kappa shape index (κ1) is 20.0. The highest BCUT2D eigenvalue weighted by Gasteiger charge is 2.18. The number of rotatable bonds is 6. The molecule has 0 aliphatic rings. The number of benzene rings is 2. The highest BCUT2D eigenvalue weighted by Crippen LogP contribution is 2.29. The minimum atomic E-state index is -0.419. The van der Waals surface area contributed by atoms with Crippen molar-refractivity contribution in [1.82, 2.24) is 25.1 Å². The van der Waals surface area contributed by atoms with Crippen molar-refractivity contribution >= 4 is 28.7 Å². The SMILES string of the molecule is CC(Sc1ncnc2c1cnn2-c1ccc(F)cc1)C(=O)NCc1ccc(F)cc1. The average molecular weight is 425 g/mol. The fourth-order valence-electron chi connectivity index (χ4n) is 2.84. The maximum absolute atomic E-state index is 13.2. The van der Waals surface area contributed by atoms with Crippen LogP contribution < -0.4 is 5.32 Å². The van der Waals surface area contributed by atoms with E-state index in [-0.39, 0.29) is 17.5 Å². The fraction of sp³-hybridized carbons (Fsp3) is 0.143. The Balaban J connectivity index is 1.48. The van der Waals surface area contributed by atoms with Crippen molar-refractivity contribution in [1.29, 1.82) is 0 Å². The normalized spacial score (nSPS) is 12.1. The second kappa shape index (κ2) is 8.58. The molecule has 30 heavy (non-hydrogen) atoms. The Bertz CT molecular complexity index is 1180. The van der Waals surface area contributed by atoms with E-state index in [1.54, 1.807) is 42.1 Å². The number of aromatic nitrogens is 4. The molecule has 6 nitrogen and oxygen atoms in total. The number of hydrogen-bond donors (Lipinski definition) is 1. The van der Waals surface area contributed by atoms with Crippen molar-refractivity contribution in [2.45, 2.75) is 23.7 Å². The third kappa shape index (κ3) is 4.30. The van der Waals surface area contributed by atoms with Gasteiger partial charge in [-0.3, -0.25) is 4.79 Å². The lowest BCUT2D eigenvalue weighted by Crippen LogP contribution is -2.30. The molecule has 1 atom stereocenters. The molecule has 152 valence electrons. The van der Waals surface area contributed by atoms with Gasteiger partial charge in [-0.2, -0.15) is 5.10 Å². The van der Waals surface area contributed by atoms with Gasteiger partial charge in [0.2, 0.25) is 5.91 Å². The van der Waals surface area contributed by atoms with Crippen LogP contribution in [-0.4, -0.2) is 30.9 Å². The molecule has 9 heteroatoms. The van der Waals surface area contributed by atoms with Crippen LogP contribution in [0, 0.1) is 11.6 Å². The van der Waals surface area contributed by atoms with Crippen LogP contribution in [0.5, 0.6) is 0 Å². The number of nitrogens with zero attached hydrogens (tertiary/aromatic N) is 4. The number of amides is 1. The molecule has 0 saturated carbocycles. The Kier molecular flexibility index (Phi) is 5.71. The summed E-state index contributed by atoms with van der Waals surface area (Å²) in [7, 11) is 0. The minimum Gasteiger partial charge on any atom is -0.351 e. The molecule has 1 N–H and O–H groups in total. The highest BCUT2D eigenvalue weighted by molar-refractivity contribution is 8.00. The quantitative estimate of drug-likeness (QED) is 0.375. The van der Waals surface area contributed by atoms with Crippen LogP contribution in [0.4, 0.5) is 8.78 Å². The Labute approximate surface area is 175 Å². The zero-order valence-electron chi connectivity index (χ0n) is 15.9. The van der Waals surface area contributed by atoms with E-state index in [9.17, 15) is 13.6 Å². The predicted molar refractivity (Wildman–Crippen MR) is 110 cm³/mol. The van der Waals surface area contributed by atoms with Gasteiger partial charge in [-0.15, -0.1) is 0 Å². The summed E-state index contributed by atoms with van der Waals surface area (Å²) >= 11 is 1.29. The molecule has 0 radical (unpaired) electrons. The first-order valence-corrected chi connectivity index (χ1v) is 10.0. The van der Waals surface area contributed by atoms with E-state index >= 15 is 0 Å². The molecule has 2 aromatic carbocycles. The summed E-state index contributed by atoms with van der Waals surface area (Å²) in [5, 5.41) is 8.08. The van der Waals surface area contributed by atoms with Crippen LogP contribution in [0.15, 0.2) is 66.1 Å². The van der Waals surface area contributed by atoms with E-state index in [0.717, 1.165) is 5.56 Å². The van der Waals surface area contributed by atoms with Gasteiger partial charge >= 0.3 is 0 Å². The molecule has 0 bridgehead atoms. The van der Waals surface area contributed by atoms with Crippen molar-refractivity contribution in [2.24, 2.45) is 0 Å². The molecule has 0 saturated heterocycles. The minimum absolute atomic E-state index is 0.165. The van der Waals surface area contributed by atoms with Crippen molar-refractivity contribution in [2.75, 3.05) is 0 Å². The molecule has 1 amide bonds. The molecule has 4 aromatic rings. The molecular formula is C21H17F2N5OS. The molecule has 0 aliphatic carbocycles. The number of nitrogens with one attached hydrogen (secondary N) is 1. The number of carbonyl (C=O) groups excluding carboxylic acids is 1. The largest absolute Gasteiger partial charge is 0.351 e. The molecule has 2 heterocycles. The second-order valence-electron chi connectivity index (χ2n) is 6.55. The van der Waals surface area contributed by atoms with Gasteiger partial charge < -0.3 is 5.32 Å². The van der Waals surface area contributed by atoms with Gasteiger partial charge in [0.25, 0.3) is 0 Å². The zero-order valence-corrected chi connectivity index (χ0v) is 16.7. The van der Waals surface area contributed by atoms with E-state index in [4.69, 9.17) is 0 Å². The maximum atomic E-state index is 13.2. The number of hydrogen-bond acceptors (Lipinski definition) is 5. The summed E-state index contributed by atoms with van der Waals surface area (Å²) in [6.45, 7) is 2.09. The molecule has 0 spiro atoms. The number of fused-ring (bicyclic) bond motifs is 1. The molecule has 1 unspecified atom stereocenters. The molecular weight excluding hydrogens is 408 g/mol. The zero-order chi connectivity index (χ0) is 21.1. The van der Waals surface area contributed by atoms with E-state index in [1.165, 1.54) is 42.4 Å². The molecule has 4 rings (SSSR count). The summed E-state index contributed by atoms with van der Waals surface area (Å²) in [4.78, 5) is 21.1. The van der Waals surface area contributed by atoms with Crippen molar-refractivity contribution in [3.63, 3.8) is 0 Å². The van der Waals surface area contributed by atoms with Crippen LogP contribution in [0.1, 0.15) is 12.5 Å². The lowest BCUT2D eigenvalue weighted by molar-refractivity contribution is -0.120. The fourth-order valence-corrected chi connectivity index (χ4v) is 3.75. The van der Waals surface area contributed by atoms with Crippen LogP contribution in [0.3, 0.4) is 0 Å². The predicted octanol–water partition coefficient (Wildman–Crippen LogP) is 3.89. The monoisotopic (exact) mass is 425 g/mol. The van der Waals surface area contributed by atoms with Gasteiger partial charge in [-0.25, -0.2) is 23.4 Å². The third-order valence-electron chi connectivity index (χ3n) is 4.44. The first-order chi connectivity index (χ1) is 14.5. The number of thioether (sulfide) groups is 1. The van der Waals surface area contributed by atoms with Crippen LogP contribution in [0.25, 0.3) is 16.7 Å². The number of halogens is 2. The first-order valence-electron chi connectivity index (χ1n) is 9.15. The van der Waals surface area contributed by atoms with Gasteiger partial charge in [0, 0.05) is 6.54 Å². The third-order valence-corrected chi connectivity index (χ3v) is 5.55. The average Bonchev–Trinajstić information content (AvgIpc) is 3.19. The van der Waals surface area contributed by atoms with Crippen LogP contribution >= 0.6 is 11.8 Å². The maximum Gasteiger partial charge on any atom is 0.233 e. The lowest BCUT2D eigenvalue weighted by Gasteiger charge is -2.12. The van der Waals surface area contributed by atoms with Crippen molar-refractivity contribution in [3.8, 4) is 5.69 Å². The summed E-state index contributed by atoms with van der Waals surface area (Å²) in [6, 6.07) is 11.9. The number of carbonyl (C=O) groups is 1. The van der Waals surface area contributed by atoms with Gasteiger partial charge in [0.1, 0.15) is 23.0 Å². The van der Waals surface area contributed by atoms with E-state index in [2.05, 4.69) is 20.4 Å².